The van der Waals surface area contributed by atoms with Gasteiger partial charge in [-0.15, -0.1) is 0 Å². The lowest BCUT2D eigenvalue weighted by Gasteiger charge is -2.12. The van der Waals surface area contributed by atoms with Gasteiger partial charge in [0.25, 0.3) is 0 Å². The van der Waals surface area contributed by atoms with E-state index in [1.54, 1.807) is 12.1 Å². The second kappa shape index (κ2) is 7.89. The molecule has 0 saturated carbocycles. The molecule has 6 heteroatoms. The minimum absolute atomic E-state index is 0.124. The monoisotopic (exact) mass is 288 g/mol. The number of halogens is 2. The minimum atomic E-state index is -2.81. The van der Waals surface area contributed by atoms with Crippen molar-refractivity contribution in [3.63, 3.8) is 0 Å². The van der Waals surface area contributed by atoms with Crippen LogP contribution in [0.4, 0.5) is 14.5 Å². The molecule has 19 heavy (non-hydrogen) atoms. The molecule has 0 spiro atoms. The number of rotatable bonds is 6. The van der Waals surface area contributed by atoms with E-state index in [4.69, 9.17) is 12.2 Å². The summed E-state index contributed by atoms with van der Waals surface area (Å²) in [6, 6.07) is 6.19. The van der Waals surface area contributed by atoms with E-state index >= 15 is 0 Å². The molecule has 0 unspecified atom stereocenters. The maximum atomic E-state index is 12.0. The van der Waals surface area contributed by atoms with Crippen LogP contribution in [-0.4, -0.2) is 18.3 Å². The van der Waals surface area contributed by atoms with Gasteiger partial charge in [-0.1, -0.05) is 13.8 Å². The quantitative estimate of drug-likeness (QED) is 0.783. The van der Waals surface area contributed by atoms with Gasteiger partial charge in [0.05, 0.1) is 0 Å². The molecule has 0 aliphatic rings. The van der Waals surface area contributed by atoms with Crippen LogP contribution in [-0.2, 0) is 0 Å². The first kappa shape index (κ1) is 15.6. The van der Waals surface area contributed by atoms with E-state index in [9.17, 15) is 8.78 Å². The average molecular weight is 288 g/mol. The van der Waals surface area contributed by atoms with Crippen molar-refractivity contribution in [1.82, 2.24) is 5.32 Å². The molecule has 2 N–H and O–H groups in total. The summed E-state index contributed by atoms with van der Waals surface area (Å²) in [5.41, 5.74) is 0.726. The van der Waals surface area contributed by atoms with E-state index < -0.39 is 6.61 Å². The van der Waals surface area contributed by atoms with E-state index in [1.165, 1.54) is 12.1 Å². The number of ether oxygens (including phenoxy) is 1. The average Bonchev–Trinajstić information content (AvgIpc) is 2.30. The number of alkyl halides is 2. The molecule has 106 valence electrons. The van der Waals surface area contributed by atoms with Gasteiger partial charge in [-0.2, -0.15) is 8.78 Å². The van der Waals surface area contributed by atoms with Gasteiger partial charge in [-0.25, -0.2) is 0 Å². The molecule has 0 amide bonds. The van der Waals surface area contributed by atoms with E-state index in [0.29, 0.717) is 11.0 Å². The van der Waals surface area contributed by atoms with E-state index in [1.807, 2.05) is 0 Å². The largest absolute Gasteiger partial charge is 0.435 e. The molecule has 0 saturated heterocycles. The first-order valence-electron chi connectivity index (χ1n) is 6.07. The van der Waals surface area contributed by atoms with Crippen LogP contribution in [0.2, 0.25) is 0 Å². The molecule has 3 nitrogen and oxygen atoms in total. The summed E-state index contributed by atoms with van der Waals surface area (Å²) in [5, 5.41) is 6.57. The normalized spacial score (nSPS) is 10.6. The van der Waals surface area contributed by atoms with Crippen molar-refractivity contribution in [2.24, 2.45) is 5.92 Å². The number of nitrogens with one attached hydrogen (secondary N) is 2. The molecule has 0 radical (unpaired) electrons. The molecule has 0 fully saturated rings. The maximum absolute atomic E-state index is 12.0. The Morgan fingerprint density at radius 1 is 1.26 bits per heavy atom. The van der Waals surface area contributed by atoms with Crippen LogP contribution < -0.4 is 15.4 Å². The predicted molar refractivity (Wildman–Crippen MR) is 76.8 cm³/mol. The van der Waals surface area contributed by atoms with Gasteiger partial charge < -0.3 is 15.4 Å². The number of benzene rings is 1. The highest BCUT2D eigenvalue weighted by molar-refractivity contribution is 7.80. The van der Waals surface area contributed by atoms with Crippen molar-refractivity contribution in [2.75, 3.05) is 11.9 Å². The predicted octanol–water partition coefficient (Wildman–Crippen LogP) is 3.62. The second-order valence-corrected chi connectivity index (χ2v) is 4.87. The second-order valence-electron chi connectivity index (χ2n) is 4.47. The highest BCUT2D eigenvalue weighted by Crippen LogP contribution is 2.17. The van der Waals surface area contributed by atoms with Crippen molar-refractivity contribution in [3.05, 3.63) is 24.3 Å². The fraction of sp³-hybridized carbons (Fsp3) is 0.462. The Kier molecular flexibility index (Phi) is 6.49. The molecule has 1 aromatic rings. The van der Waals surface area contributed by atoms with Gasteiger partial charge in [0.15, 0.2) is 5.11 Å². The van der Waals surface area contributed by atoms with Crippen LogP contribution in [0, 0.1) is 5.92 Å². The molecule has 0 aliphatic heterocycles. The first-order valence-corrected chi connectivity index (χ1v) is 6.48. The summed E-state index contributed by atoms with van der Waals surface area (Å²) in [4.78, 5) is 0. The molecule has 1 rings (SSSR count). The van der Waals surface area contributed by atoms with Crippen molar-refractivity contribution >= 4 is 23.0 Å². The van der Waals surface area contributed by atoms with E-state index in [2.05, 4.69) is 29.2 Å². The molecule has 1 aromatic carbocycles. The van der Waals surface area contributed by atoms with E-state index in [-0.39, 0.29) is 5.75 Å². The summed E-state index contributed by atoms with van der Waals surface area (Å²) in [6.45, 7) is 2.27. The van der Waals surface area contributed by atoms with Crippen LogP contribution >= 0.6 is 12.2 Å². The fourth-order valence-electron chi connectivity index (χ4n) is 1.37. The lowest BCUT2D eigenvalue weighted by atomic mass is 10.1. The Labute approximate surface area is 117 Å². The van der Waals surface area contributed by atoms with Gasteiger partial charge in [-0.05, 0) is 48.8 Å². The lowest BCUT2D eigenvalue weighted by molar-refractivity contribution is -0.0498. The molecule has 0 atom stereocenters. The third kappa shape index (κ3) is 6.91. The van der Waals surface area contributed by atoms with Gasteiger partial charge in [0.2, 0.25) is 0 Å². The van der Waals surface area contributed by atoms with Crippen LogP contribution in [0.15, 0.2) is 24.3 Å². The Balaban J connectivity index is 2.38. The van der Waals surface area contributed by atoms with Crippen LogP contribution in [0.25, 0.3) is 0 Å². The summed E-state index contributed by atoms with van der Waals surface area (Å²) >= 11 is 5.12. The Hall–Kier alpha value is -1.43. The highest BCUT2D eigenvalue weighted by atomic mass is 32.1. The third-order valence-corrected chi connectivity index (χ3v) is 2.59. The Morgan fingerprint density at radius 2 is 1.89 bits per heavy atom. The molecule has 0 heterocycles. The first-order chi connectivity index (χ1) is 8.97. The fourth-order valence-corrected chi connectivity index (χ4v) is 1.59. The van der Waals surface area contributed by atoms with Gasteiger partial charge in [-0.3, -0.25) is 0 Å². The minimum Gasteiger partial charge on any atom is -0.435 e. The summed E-state index contributed by atoms with van der Waals surface area (Å²) < 4.78 is 28.2. The lowest BCUT2D eigenvalue weighted by Crippen LogP contribution is -2.29. The molecule has 0 aliphatic carbocycles. The van der Waals surface area contributed by atoms with Crippen molar-refractivity contribution in [2.45, 2.75) is 26.9 Å². The third-order valence-electron chi connectivity index (χ3n) is 2.34. The SMILES string of the molecule is CC(C)CCNC(=S)Nc1ccc(OC(F)F)cc1. The highest BCUT2D eigenvalue weighted by Gasteiger charge is 2.04. The van der Waals surface area contributed by atoms with Crippen LogP contribution in [0.3, 0.4) is 0 Å². The van der Waals surface area contributed by atoms with Crippen LogP contribution in [0.1, 0.15) is 20.3 Å². The zero-order valence-corrected chi connectivity index (χ0v) is 11.8. The molecular formula is C13H18F2N2OS. The van der Waals surface area contributed by atoms with E-state index in [0.717, 1.165) is 18.7 Å². The Bertz CT molecular complexity index is 396. The van der Waals surface area contributed by atoms with Crippen molar-refractivity contribution in [1.29, 1.82) is 0 Å². The van der Waals surface area contributed by atoms with Crippen molar-refractivity contribution < 1.29 is 13.5 Å². The number of hydrogen-bond acceptors (Lipinski definition) is 2. The van der Waals surface area contributed by atoms with Gasteiger partial charge >= 0.3 is 6.61 Å². The van der Waals surface area contributed by atoms with Crippen LogP contribution in [0.5, 0.6) is 5.75 Å². The topological polar surface area (TPSA) is 33.3 Å². The maximum Gasteiger partial charge on any atom is 0.387 e. The summed E-state index contributed by atoms with van der Waals surface area (Å²) in [6.07, 6.45) is 1.03. The molecule has 0 aromatic heterocycles. The Morgan fingerprint density at radius 3 is 2.42 bits per heavy atom. The zero-order chi connectivity index (χ0) is 14.3. The van der Waals surface area contributed by atoms with Gasteiger partial charge in [0.1, 0.15) is 5.75 Å². The number of anilines is 1. The molecule has 0 bridgehead atoms. The number of hydrogen-bond donors (Lipinski definition) is 2. The zero-order valence-electron chi connectivity index (χ0n) is 11.0. The number of thiocarbonyl (C=S) groups is 1. The van der Waals surface area contributed by atoms with Crippen molar-refractivity contribution in [3.8, 4) is 5.75 Å². The summed E-state index contributed by atoms with van der Waals surface area (Å²) in [7, 11) is 0. The molecular weight excluding hydrogens is 270 g/mol. The summed E-state index contributed by atoms with van der Waals surface area (Å²) in [5.74, 6) is 0.736. The standard InChI is InChI=1S/C13H18F2N2OS/c1-9(2)7-8-16-13(19)17-10-3-5-11(6-4-10)18-12(14)15/h3-6,9,12H,7-8H2,1-2H3,(H2,16,17,19). The van der Waals surface area contributed by atoms with Gasteiger partial charge in [0, 0.05) is 12.2 Å². The smallest absolute Gasteiger partial charge is 0.387 e.